The van der Waals surface area contributed by atoms with Crippen molar-refractivity contribution in [3.05, 3.63) is 35.9 Å². The fraction of sp³-hybridized carbons (Fsp3) is 0.273. The molecule has 1 N–H and O–H groups in total. The van der Waals surface area contributed by atoms with Gasteiger partial charge in [-0.15, -0.1) is 0 Å². The van der Waals surface area contributed by atoms with Gasteiger partial charge in [-0.05, 0) is 37.1 Å². The molecule has 0 aliphatic heterocycles. The summed E-state index contributed by atoms with van der Waals surface area (Å²) in [4.78, 5) is 0. The number of benzene rings is 1. The number of hydrogen-bond acceptors (Lipinski definition) is 2. The fourth-order valence-corrected chi connectivity index (χ4v) is 0.950. The van der Waals surface area contributed by atoms with Gasteiger partial charge in [0, 0.05) is 0 Å². The van der Waals surface area contributed by atoms with E-state index in [2.05, 4.69) is 6.58 Å². The normalized spacial score (nSPS) is 9.69. The Morgan fingerprint density at radius 3 is 2.77 bits per heavy atom. The lowest BCUT2D eigenvalue weighted by Gasteiger charge is -2.07. The van der Waals surface area contributed by atoms with E-state index in [0.717, 1.165) is 11.1 Å². The first-order valence-corrected chi connectivity index (χ1v) is 4.16. The summed E-state index contributed by atoms with van der Waals surface area (Å²) < 4.78 is 5.30. The van der Waals surface area contributed by atoms with Gasteiger partial charge in [0.25, 0.3) is 0 Å². The standard InChI is InChI=1S/C11H14O2/c1-8(2)7-13-11-5-4-9(3)6-10(11)12/h4-6,12H,1,7H2,2-3H3. The zero-order valence-electron chi connectivity index (χ0n) is 8.00. The Balaban J connectivity index is 2.72. The van der Waals surface area contributed by atoms with E-state index in [1.54, 1.807) is 12.1 Å². The van der Waals surface area contributed by atoms with E-state index in [-0.39, 0.29) is 5.75 Å². The maximum Gasteiger partial charge on any atom is 0.161 e. The van der Waals surface area contributed by atoms with Crippen LogP contribution < -0.4 is 4.74 Å². The van der Waals surface area contributed by atoms with Crippen molar-refractivity contribution in [1.29, 1.82) is 0 Å². The molecule has 0 fully saturated rings. The number of phenolic OH excluding ortho intramolecular Hbond substituents is 1. The van der Waals surface area contributed by atoms with Crippen LogP contribution in [0.15, 0.2) is 30.4 Å². The van der Waals surface area contributed by atoms with Crippen molar-refractivity contribution >= 4 is 0 Å². The van der Waals surface area contributed by atoms with Gasteiger partial charge < -0.3 is 9.84 Å². The average Bonchev–Trinajstić information content (AvgIpc) is 2.02. The summed E-state index contributed by atoms with van der Waals surface area (Å²) in [5, 5.41) is 9.45. The summed E-state index contributed by atoms with van der Waals surface area (Å²) in [7, 11) is 0. The highest BCUT2D eigenvalue weighted by Crippen LogP contribution is 2.26. The summed E-state index contributed by atoms with van der Waals surface area (Å²) in [5.41, 5.74) is 1.94. The minimum Gasteiger partial charge on any atom is -0.504 e. The first-order valence-electron chi connectivity index (χ1n) is 4.16. The number of ether oxygens (including phenoxy) is 1. The summed E-state index contributed by atoms with van der Waals surface area (Å²) in [6.45, 7) is 7.95. The van der Waals surface area contributed by atoms with Crippen LogP contribution in [0.25, 0.3) is 0 Å². The molecule has 0 amide bonds. The zero-order valence-corrected chi connectivity index (χ0v) is 8.00. The third-order valence-corrected chi connectivity index (χ3v) is 1.59. The van der Waals surface area contributed by atoms with Gasteiger partial charge in [0.1, 0.15) is 6.61 Å². The first kappa shape index (κ1) is 9.65. The molecule has 0 aromatic heterocycles. The molecule has 1 aromatic carbocycles. The van der Waals surface area contributed by atoms with Gasteiger partial charge >= 0.3 is 0 Å². The number of aromatic hydroxyl groups is 1. The van der Waals surface area contributed by atoms with Crippen molar-refractivity contribution in [2.24, 2.45) is 0 Å². The molecule has 0 aliphatic carbocycles. The van der Waals surface area contributed by atoms with Gasteiger partial charge in [-0.25, -0.2) is 0 Å². The molecule has 1 rings (SSSR count). The van der Waals surface area contributed by atoms with E-state index >= 15 is 0 Å². The Morgan fingerprint density at radius 1 is 1.54 bits per heavy atom. The maximum atomic E-state index is 9.45. The molecule has 2 nitrogen and oxygen atoms in total. The zero-order chi connectivity index (χ0) is 9.84. The Kier molecular flexibility index (Phi) is 2.96. The lowest BCUT2D eigenvalue weighted by Crippen LogP contribution is -1.97. The second kappa shape index (κ2) is 3.99. The van der Waals surface area contributed by atoms with E-state index in [4.69, 9.17) is 4.74 Å². The van der Waals surface area contributed by atoms with Crippen molar-refractivity contribution in [2.75, 3.05) is 6.61 Å². The molecule has 0 aliphatic rings. The number of aryl methyl sites for hydroxylation is 1. The molecule has 0 unspecified atom stereocenters. The first-order chi connectivity index (χ1) is 6.09. The van der Waals surface area contributed by atoms with Gasteiger partial charge in [0.05, 0.1) is 0 Å². The van der Waals surface area contributed by atoms with Crippen molar-refractivity contribution in [3.63, 3.8) is 0 Å². The van der Waals surface area contributed by atoms with Crippen LogP contribution in [-0.2, 0) is 0 Å². The summed E-state index contributed by atoms with van der Waals surface area (Å²) >= 11 is 0. The van der Waals surface area contributed by atoms with Gasteiger partial charge in [-0.3, -0.25) is 0 Å². The lowest BCUT2D eigenvalue weighted by atomic mass is 10.2. The van der Waals surface area contributed by atoms with Gasteiger partial charge in [-0.2, -0.15) is 0 Å². The van der Waals surface area contributed by atoms with Crippen LogP contribution in [0, 0.1) is 6.92 Å². The summed E-state index contributed by atoms with van der Waals surface area (Å²) in [5.74, 6) is 0.690. The third kappa shape index (κ3) is 2.82. The Labute approximate surface area is 78.5 Å². The second-order valence-electron chi connectivity index (χ2n) is 3.22. The van der Waals surface area contributed by atoms with Crippen LogP contribution in [0.1, 0.15) is 12.5 Å². The number of phenols is 1. The van der Waals surface area contributed by atoms with Gasteiger partial charge in [0.2, 0.25) is 0 Å². The molecule has 0 heterocycles. The molecule has 1 aromatic rings. The largest absolute Gasteiger partial charge is 0.504 e. The molecule has 0 saturated heterocycles. The highest BCUT2D eigenvalue weighted by Gasteiger charge is 2.01. The summed E-state index contributed by atoms with van der Waals surface area (Å²) in [6, 6.07) is 5.33. The monoisotopic (exact) mass is 178 g/mol. The lowest BCUT2D eigenvalue weighted by molar-refractivity contribution is 0.328. The van der Waals surface area contributed by atoms with Crippen LogP contribution in [0.5, 0.6) is 11.5 Å². The molecular weight excluding hydrogens is 164 g/mol. The van der Waals surface area contributed by atoms with Crippen LogP contribution >= 0.6 is 0 Å². The topological polar surface area (TPSA) is 29.5 Å². The van der Waals surface area contributed by atoms with Crippen LogP contribution in [0.4, 0.5) is 0 Å². The van der Waals surface area contributed by atoms with Crippen LogP contribution in [0.2, 0.25) is 0 Å². The molecule has 0 atom stereocenters. The molecular formula is C11H14O2. The molecule has 2 heteroatoms. The van der Waals surface area contributed by atoms with Crippen molar-refractivity contribution in [1.82, 2.24) is 0 Å². The molecule has 0 bridgehead atoms. The average molecular weight is 178 g/mol. The minimum atomic E-state index is 0.182. The molecule has 70 valence electrons. The van der Waals surface area contributed by atoms with E-state index in [9.17, 15) is 5.11 Å². The SMILES string of the molecule is C=C(C)COc1ccc(C)cc1O. The minimum absolute atomic E-state index is 0.182. The number of rotatable bonds is 3. The van der Waals surface area contributed by atoms with Gasteiger partial charge in [-0.1, -0.05) is 12.6 Å². The van der Waals surface area contributed by atoms with E-state index in [0.29, 0.717) is 12.4 Å². The number of hydrogen-bond donors (Lipinski definition) is 1. The van der Waals surface area contributed by atoms with E-state index in [1.807, 2.05) is 19.9 Å². The van der Waals surface area contributed by atoms with Crippen LogP contribution in [-0.4, -0.2) is 11.7 Å². The Morgan fingerprint density at radius 2 is 2.23 bits per heavy atom. The predicted octanol–water partition coefficient (Wildman–Crippen LogP) is 2.66. The molecule has 0 spiro atoms. The molecule has 0 radical (unpaired) electrons. The summed E-state index contributed by atoms with van der Waals surface area (Å²) in [6.07, 6.45) is 0. The smallest absolute Gasteiger partial charge is 0.161 e. The quantitative estimate of drug-likeness (QED) is 0.721. The highest BCUT2D eigenvalue weighted by atomic mass is 16.5. The predicted molar refractivity (Wildman–Crippen MR) is 53.2 cm³/mol. The molecule has 0 saturated carbocycles. The van der Waals surface area contributed by atoms with E-state index < -0.39 is 0 Å². The van der Waals surface area contributed by atoms with E-state index in [1.165, 1.54) is 0 Å². The second-order valence-corrected chi connectivity index (χ2v) is 3.22. The van der Waals surface area contributed by atoms with Crippen LogP contribution in [0.3, 0.4) is 0 Å². The van der Waals surface area contributed by atoms with Crippen molar-refractivity contribution in [2.45, 2.75) is 13.8 Å². The van der Waals surface area contributed by atoms with Crippen molar-refractivity contribution < 1.29 is 9.84 Å². The Hall–Kier alpha value is -1.44. The van der Waals surface area contributed by atoms with Gasteiger partial charge in [0.15, 0.2) is 11.5 Å². The van der Waals surface area contributed by atoms with Crippen molar-refractivity contribution in [3.8, 4) is 11.5 Å². The third-order valence-electron chi connectivity index (χ3n) is 1.59. The highest BCUT2D eigenvalue weighted by molar-refractivity contribution is 5.41. The molecule has 13 heavy (non-hydrogen) atoms. The Bertz CT molecular complexity index is 316. The maximum absolute atomic E-state index is 9.45. The fourth-order valence-electron chi connectivity index (χ4n) is 0.950.